The Kier molecular flexibility index (Phi) is 3.68. The minimum atomic E-state index is 0.187. The van der Waals surface area contributed by atoms with Gasteiger partial charge >= 0.3 is 0 Å². The maximum absolute atomic E-state index is 6.23. The molecule has 2 unspecified atom stereocenters. The van der Waals surface area contributed by atoms with Crippen molar-refractivity contribution in [3.05, 3.63) is 35.9 Å². The molecule has 1 aromatic rings. The number of hydrogen-bond acceptors (Lipinski definition) is 3. The molecule has 2 aliphatic rings. The van der Waals surface area contributed by atoms with Crippen LogP contribution >= 0.6 is 0 Å². The van der Waals surface area contributed by atoms with E-state index in [4.69, 9.17) is 5.73 Å². The van der Waals surface area contributed by atoms with E-state index in [1.54, 1.807) is 0 Å². The molecule has 0 amide bonds. The molecule has 1 heterocycles. The summed E-state index contributed by atoms with van der Waals surface area (Å²) in [5, 5.41) is 0. The van der Waals surface area contributed by atoms with Gasteiger partial charge in [0, 0.05) is 6.54 Å². The summed E-state index contributed by atoms with van der Waals surface area (Å²) in [6, 6.07) is 10.6. The minimum absolute atomic E-state index is 0.187. The van der Waals surface area contributed by atoms with Crippen LogP contribution in [0.5, 0.6) is 0 Å². The summed E-state index contributed by atoms with van der Waals surface area (Å²) in [6.07, 6.45) is 6.46. The molecule has 3 nitrogen and oxygen atoms in total. The lowest BCUT2D eigenvalue weighted by Gasteiger charge is -2.47. The van der Waals surface area contributed by atoms with Gasteiger partial charge in [0.05, 0.1) is 12.1 Å². The van der Waals surface area contributed by atoms with E-state index in [1.807, 2.05) is 0 Å². The van der Waals surface area contributed by atoms with E-state index < -0.39 is 0 Å². The Balaban J connectivity index is 1.87. The van der Waals surface area contributed by atoms with Crippen LogP contribution in [0.15, 0.2) is 35.3 Å². The van der Waals surface area contributed by atoms with Crippen molar-refractivity contribution in [1.29, 1.82) is 0 Å². The molecule has 3 heteroatoms. The second kappa shape index (κ2) is 5.47. The highest BCUT2D eigenvalue weighted by molar-refractivity contribution is 5.81. The van der Waals surface area contributed by atoms with Gasteiger partial charge in [-0.15, -0.1) is 0 Å². The molecule has 1 aromatic carbocycles. The molecule has 3 rings (SSSR count). The lowest BCUT2D eigenvalue weighted by molar-refractivity contribution is 0.0651. The second-order valence-corrected chi connectivity index (χ2v) is 6.20. The molecule has 0 saturated heterocycles. The van der Waals surface area contributed by atoms with Crippen LogP contribution in [-0.2, 0) is 6.54 Å². The Bertz CT molecular complexity index is 482. The van der Waals surface area contributed by atoms with E-state index in [0.717, 1.165) is 25.0 Å². The standard InChI is InChI=1S/C17H25N3/c1-2-15-10-6-7-11-17(15)13-19-16(18)20(17)12-14-8-4-3-5-9-14/h3-5,8-9,15H,2,6-7,10-13H2,1H3,(H2,18,19). The predicted molar refractivity (Wildman–Crippen MR) is 83.5 cm³/mol. The van der Waals surface area contributed by atoms with Crippen LogP contribution in [0.1, 0.15) is 44.6 Å². The Labute approximate surface area is 121 Å². The van der Waals surface area contributed by atoms with Gasteiger partial charge in [-0.3, -0.25) is 4.99 Å². The summed E-state index contributed by atoms with van der Waals surface area (Å²) in [5.41, 5.74) is 7.74. The summed E-state index contributed by atoms with van der Waals surface area (Å²) in [7, 11) is 0. The summed E-state index contributed by atoms with van der Waals surface area (Å²) < 4.78 is 0. The first-order valence-corrected chi connectivity index (χ1v) is 7.88. The van der Waals surface area contributed by atoms with Gasteiger partial charge in [0.2, 0.25) is 0 Å². The van der Waals surface area contributed by atoms with Crippen molar-refractivity contribution in [2.24, 2.45) is 16.6 Å². The van der Waals surface area contributed by atoms with Crippen molar-refractivity contribution in [3.63, 3.8) is 0 Å². The quantitative estimate of drug-likeness (QED) is 0.917. The largest absolute Gasteiger partial charge is 0.370 e. The Morgan fingerprint density at radius 1 is 1.30 bits per heavy atom. The predicted octanol–water partition coefficient (Wildman–Crippen LogP) is 3.16. The van der Waals surface area contributed by atoms with Crippen molar-refractivity contribution in [1.82, 2.24) is 4.90 Å². The molecule has 1 spiro atoms. The van der Waals surface area contributed by atoms with Crippen LogP contribution in [-0.4, -0.2) is 22.9 Å². The molecule has 0 bridgehead atoms. The molecule has 1 aliphatic heterocycles. The Morgan fingerprint density at radius 2 is 2.10 bits per heavy atom. The molecule has 0 aromatic heterocycles. The molecule has 1 fully saturated rings. The summed E-state index contributed by atoms with van der Waals surface area (Å²) in [4.78, 5) is 7.01. The number of rotatable bonds is 3. The fourth-order valence-corrected chi connectivity index (χ4v) is 4.06. The number of nitrogens with two attached hydrogens (primary N) is 1. The molecule has 1 saturated carbocycles. The van der Waals surface area contributed by atoms with Gasteiger partial charge in [-0.25, -0.2) is 0 Å². The first kappa shape index (κ1) is 13.5. The Hall–Kier alpha value is -1.51. The van der Waals surface area contributed by atoms with Crippen molar-refractivity contribution >= 4 is 5.96 Å². The van der Waals surface area contributed by atoms with Crippen molar-refractivity contribution in [3.8, 4) is 0 Å². The lowest BCUT2D eigenvalue weighted by Crippen LogP contribution is -2.56. The van der Waals surface area contributed by atoms with Gasteiger partial charge in [0.1, 0.15) is 0 Å². The summed E-state index contributed by atoms with van der Waals surface area (Å²) >= 11 is 0. The van der Waals surface area contributed by atoms with E-state index in [1.165, 1.54) is 37.7 Å². The molecule has 1 aliphatic carbocycles. The van der Waals surface area contributed by atoms with Crippen molar-refractivity contribution in [2.45, 2.75) is 51.1 Å². The van der Waals surface area contributed by atoms with E-state index in [9.17, 15) is 0 Å². The minimum Gasteiger partial charge on any atom is -0.370 e. The van der Waals surface area contributed by atoms with E-state index >= 15 is 0 Å². The zero-order valence-electron chi connectivity index (χ0n) is 12.4. The van der Waals surface area contributed by atoms with Gasteiger partial charge in [-0.1, -0.05) is 56.5 Å². The fourth-order valence-electron chi connectivity index (χ4n) is 4.06. The third kappa shape index (κ3) is 2.19. The second-order valence-electron chi connectivity index (χ2n) is 6.20. The molecule has 20 heavy (non-hydrogen) atoms. The van der Waals surface area contributed by atoms with Crippen LogP contribution in [0, 0.1) is 5.92 Å². The summed E-state index contributed by atoms with van der Waals surface area (Å²) in [6.45, 7) is 4.10. The third-order valence-electron chi connectivity index (χ3n) is 5.18. The number of nitrogens with zero attached hydrogens (tertiary/aromatic N) is 2. The zero-order valence-corrected chi connectivity index (χ0v) is 12.4. The number of aliphatic imine (C=N–C) groups is 1. The molecular formula is C17H25N3. The smallest absolute Gasteiger partial charge is 0.192 e. The normalized spacial score (nSPS) is 29.8. The monoisotopic (exact) mass is 271 g/mol. The molecular weight excluding hydrogens is 246 g/mol. The first-order chi connectivity index (χ1) is 9.76. The summed E-state index contributed by atoms with van der Waals surface area (Å²) in [5.74, 6) is 1.47. The van der Waals surface area contributed by atoms with Gasteiger partial charge in [0.15, 0.2) is 5.96 Å². The average molecular weight is 271 g/mol. The van der Waals surface area contributed by atoms with E-state index in [2.05, 4.69) is 47.1 Å². The van der Waals surface area contributed by atoms with Crippen LogP contribution in [0.25, 0.3) is 0 Å². The molecule has 2 N–H and O–H groups in total. The average Bonchev–Trinajstić information content (AvgIpc) is 2.79. The van der Waals surface area contributed by atoms with Crippen molar-refractivity contribution in [2.75, 3.05) is 6.54 Å². The van der Waals surface area contributed by atoms with Crippen LogP contribution in [0.3, 0.4) is 0 Å². The van der Waals surface area contributed by atoms with E-state index in [-0.39, 0.29) is 5.54 Å². The van der Waals surface area contributed by atoms with Crippen LogP contribution in [0.4, 0.5) is 0 Å². The molecule has 2 atom stereocenters. The van der Waals surface area contributed by atoms with E-state index in [0.29, 0.717) is 0 Å². The van der Waals surface area contributed by atoms with Crippen LogP contribution < -0.4 is 5.73 Å². The number of benzene rings is 1. The third-order valence-corrected chi connectivity index (χ3v) is 5.18. The lowest BCUT2D eigenvalue weighted by atomic mass is 9.70. The van der Waals surface area contributed by atoms with Crippen molar-refractivity contribution < 1.29 is 0 Å². The maximum atomic E-state index is 6.23. The van der Waals surface area contributed by atoms with Crippen LogP contribution in [0.2, 0.25) is 0 Å². The highest BCUT2D eigenvalue weighted by Crippen LogP contribution is 2.43. The first-order valence-electron chi connectivity index (χ1n) is 7.88. The topological polar surface area (TPSA) is 41.6 Å². The number of guanidine groups is 1. The number of hydrogen-bond donors (Lipinski definition) is 1. The zero-order chi connectivity index (χ0) is 14.0. The maximum Gasteiger partial charge on any atom is 0.192 e. The van der Waals surface area contributed by atoms with Gasteiger partial charge in [0.25, 0.3) is 0 Å². The SMILES string of the molecule is CCC1CCCCC12CN=C(N)N2Cc1ccccc1. The highest BCUT2D eigenvalue weighted by atomic mass is 15.4. The van der Waals surface area contributed by atoms with Gasteiger partial charge < -0.3 is 10.6 Å². The molecule has 0 radical (unpaired) electrons. The van der Waals surface area contributed by atoms with Gasteiger partial charge in [-0.2, -0.15) is 0 Å². The highest BCUT2D eigenvalue weighted by Gasteiger charge is 2.48. The fraction of sp³-hybridized carbons (Fsp3) is 0.588. The van der Waals surface area contributed by atoms with Gasteiger partial charge in [-0.05, 0) is 24.3 Å². The molecule has 108 valence electrons. The Morgan fingerprint density at radius 3 is 2.85 bits per heavy atom.